The highest BCUT2D eigenvalue weighted by Crippen LogP contribution is 2.32. The topological polar surface area (TPSA) is 54.5 Å². The fraction of sp³-hybridized carbons (Fsp3) is 0.238. The number of anilines is 1. The van der Waals surface area contributed by atoms with Gasteiger partial charge < -0.3 is 10.1 Å². The lowest BCUT2D eigenvalue weighted by atomic mass is 10.1. The Morgan fingerprint density at radius 1 is 1.15 bits per heavy atom. The van der Waals surface area contributed by atoms with E-state index in [0.717, 1.165) is 23.6 Å². The molecule has 0 aliphatic rings. The molecule has 3 rings (SSSR count). The quantitative estimate of drug-likeness (QED) is 0.633. The zero-order chi connectivity index (χ0) is 19.1. The molecular weight excluding hydrogens is 358 g/mol. The summed E-state index contributed by atoms with van der Waals surface area (Å²) >= 11 is 1.41. The van der Waals surface area contributed by atoms with Crippen molar-refractivity contribution in [3.63, 3.8) is 0 Å². The van der Waals surface area contributed by atoms with Crippen molar-refractivity contribution in [2.24, 2.45) is 0 Å². The molecule has 0 aliphatic heterocycles. The van der Waals surface area contributed by atoms with E-state index >= 15 is 0 Å². The fourth-order valence-electron chi connectivity index (χ4n) is 2.77. The first-order valence-electron chi connectivity index (χ1n) is 8.85. The molecule has 1 N–H and O–H groups in total. The molecule has 0 bridgehead atoms. The number of nitrogens with zero attached hydrogens (tertiary/aromatic N) is 2. The fourth-order valence-corrected chi connectivity index (χ4v) is 3.50. The van der Waals surface area contributed by atoms with Crippen LogP contribution in [0.4, 0.5) is 5.13 Å². The van der Waals surface area contributed by atoms with Gasteiger partial charge in [0.15, 0.2) is 5.13 Å². The summed E-state index contributed by atoms with van der Waals surface area (Å²) in [6.07, 6.45) is 0. The van der Waals surface area contributed by atoms with Crippen molar-refractivity contribution in [2.75, 3.05) is 25.5 Å². The van der Waals surface area contributed by atoms with Crippen molar-refractivity contribution < 1.29 is 9.53 Å². The Balaban J connectivity index is 1.60. The highest BCUT2D eigenvalue weighted by atomic mass is 32.1. The number of hydrogen-bond acceptors (Lipinski definition) is 5. The van der Waals surface area contributed by atoms with Gasteiger partial charge in [-0.1, -0.05) is 42.5 Å². The molecule has 0 radical (unpaired) electrons. The highest BCUT2D eigenvalue weighted by molar-refractivity contribution is 7.14. The minimum absolute atomic E-state index is 0.0765. The molecule has 27 heavy (non-hydrogen) atoms. The van der Waals surface area contributed by atoms with Gasteiger partial charge >= 0.3 is 0 Å². The van der Waals surface area contributed by atoms with E-state index in [9.17, 15) is 4.79 Å². The molecule has 0 fully saturated rings. The molecule has 1 aromatic heterocycles. The van der Waals surface area contributed by atoms with E-state index in [1.807, 2.05) is 66.7 Å². The average Bonchev–Trinajstić information content (AvgIpc) is 3.11. The van der Waals surface area contributed by atoms with Gasteiger partial charge in [-0.3, -0.25) is 9.69 Å². The monoisotopic (exact) mass is 381 g/mol. The number of carbonyl (C=O) groups excluding carboxylic acids is 1. The summed E-state index contributed by atoms with van der Waals surface area (Å²) in [6.45, 7) is 3.58. The molecule has 1 heterocycles. The SMILES string of the molecule is CCOc1ccccc1-c1csc(NC(=O)CN(C)Cc2ccccc2)n1. The normalized spacial score (nSPS) is 10.8. The number of aromatic nitrogens is 1. The lowest BCUT2D eigenvalue weighted by Gasteiger charge is -2.15. The van der Waals surface area contributed by atoms with E-state index in [-0.39, 0.29) is 5.91 Å². The lowest BCUT2D eigenvalue weighted by molar-refractivity contribution is -0.117. The van der Waals surface area contributed by atoms with Crippen molar-refractivity contribution in [3.8, 4) is 17.0 Å². The third kappa shape index (κ3) is 5.39. The zero-order valence-electron chi connectivity index (χ0n) is 15.5. The molecule has 6 heteroatoms. The van der Waals surface area contributed by atoms with Crippen LogP contribution in [-0.2, 0) is 11.3 Å². The molecule has 3 aromatic rings. The molecule has 0 saturated carbocycles. The van der Waals surface area contributed by atoms with Crippen LogP contribution in [0.15, 0.2) is 60.0 Å². The Kier molecular flexibility index (Phi) is 6.57. The Labute approximate surface area is 163 Å². The first-order valence-corrected chi connectivity index (χ1v) is 9.73. The van der Waals surface area contributed by atoms with Crippen LogP contribution in [0.25, 0.3) is 11.3 Å². The molecule has 2 aromatic carbocycles. The van der Waals surface area contributed by atoms with Crippen LogP contribution in [0.5, 0.6) is 5.75 Å². The van der Waals surface area contributed by atoms with Gasteiger partial charge in [-0.05, 0) is 31.7 Å². The van der Waals surface area contributed by atoms with E-state index < -0.39 is 0 Å². The number of nitrogens with one attached hydrogen (secondary N) is 1. The summed E-state index contributed by atoms with van der Waals surface area (Å²) in [6, 6.07) is 17.9. The first kappa shape index (κ1) is 19.1. The third-order valence-electron chi connectivity index (χ3n) is 3.92. The number of hydrogen-bond donors (Lipinski definition) is 1. The standard InChI is InChI=1S/C21H23N3O2S/c1-3-26-19-12-8-7-11-17(19)18-15-27-21(22-18)23-20(25)14-24(2)13-16-9-5-4-6-10-16/h4-12,15H,3,13-14H2,1-2H3,(H,22,23,25). The molecule has 0 aliphatic carbocycles. The van der Waals surface area contributed by atoms with Crippen LogP contribution in [0.2, 0.25) is 0 Å². The number of ether oxygens (including phenoxy) is 1. The minimum Gasteiger partial charge on any atom is -0.493 e. The van der Waals surface area contributed by atoms with Gasteiger partial charge in [0.2, 0.25) is 5.91 Å². The molecule has 0 saturated heterocycles. The van der Waals surface area contributed by atoms with E-state index in [4.69, 9.17) is 4.74 Å². The summed E-state index contributed by atoms with van der Waals surface area (Å²) in [4.78, 5) is 18.8. The predicted molar refractivity (Wildman–Crippen MR) is 110 cm³/mol. The van der Waals surface area contributed by atoms with Gasteiger partial charge in [0, 0.05) is 17.5 Å². The Bertz CT molecular complexity index is 880. The number of benzene rings is 2. The van der Waals surface area contributed by atoms with Crippen molar-refractivity contribution in [2.45, 2.75) is 13.5 Å². The van der Waals surface area contributed by atoms with E-state index in [1.54, 1.807) is 0 Å². The maximum atomic E-state index is 12.3. The Morgan fingerprint density at radius 3 is 2.67 bits per heavy atom. The minimum atomic E-state index is -0.0765. The number of carbonyl (C=O) groups is 1. The zero-order valence-corrected chi connectivity index (χ0v) is 16.3. The van der Waals surface area contributed by atoms with Gasteiger partial charge in [-0.15, -0.1) is 11.3 Å². The van der Waals surface area contributed by atoms with Gasteiger partial charge in [-0.2, -0.15) is 0 Å². The maximum Gasteiger partial charge on any atom is 0.240 e. The van der Waals surface area contributed by atoms with Crippen molar-refractivity contribution in [1.29, 1.82) is 0 Å². The van der Waals surface area contributed by atoms with Gasteiger partial charge in [0.1, 0.15) is 5.75 Å². The summed E-state index contributed by atoms with van der Waals surface area (Å²) in [5, 5.41) is 5.41. The van der Waals surface area contributed by atoms with Gasteiger partial charge in [0.25, 0.3) is 0 Å². The maximum absolute atomic E-state index is 12.3. The van der Waals surface area contributed by atoms with Crippen LogP contribution < -0.4 is 10.1 Å². The third-order valence-corrected chi connectivity index (χ3v) is 4.68. The Morgan fingerprint density at radius 2 is 1.89 bits per heavy atom. The second kappa shape index (κ2) is 9.30. The molecule has 0 unspecified atom stereocenters. The molecule has 0 spiro atoms. The molecule has 1 amide bonds. The molecular formula is C21H23N3O2S. The van der Waals surface area contributed by atoms with Crippen molar-refractivity contribution >= 4 is 22.4 Å². The van der Waals surface area contributed by atoms with E-state index in [1.165, 1.54) is 16.9 Å². The van der Waals surface area contributed by atoms with Crippen LogP contribution in [0, 0.1) is 0 Å². The van der Waals surface area contributed by atoms with Crippen LogP contribution in [0.1, 0.15) is 12.5 Å². The predicted octanol–water partition coefficient (Wildman–Crippen LogP) is 4.28. The first-order chi connectivity index (χ1) is 13.2. The van der Waals surface area contributed by atoms with Crippen molar-refractivity contribution in [1.82, 2.24) is 9.88 Å². The number of amides is 1. The smallest absolute Gasteiger partial charge is 0.240 e. The summed E-state index contributed by atoms with van der Waals surface area (Å²) < 4.78 is 5.66. The molecule has 0 atom stereocenters. The van der Waals surface area contributed by atoms with Gasteiger partial charge in [-0.25, -0.2) is 4.98 Å². The van der Waals surface area contributed by atoms with Crippen LogP contribution in [-0.4, -0.2) is 36.0 Å². The Hall–Kier alpha value is -2.70. The number of likely N-dealkylation sites (N-methyl/N-ethyl adjacent to an activating group) is 1. The van der Waals surface area contributed by atoms with Crippen LogP contribution >= 0.6 is 11.3 Å². The van der Waals surface area contributed by atoms with Crippen LogP contribution in [0.3, 0.4) is 0 Å². The summed E-state index contributed by atoms with van der Waals surface area (Å²) in [5.41, 5.74) is 2.91. The second-order valence-corrected chi connectivity index (χ2v) is 7.03. The number of thiazole rings is 1. The largest absolute Gasteiger partial charge is 0.493 e. The summed E-state index contributed by atoms with van der Waals surface area (Å²) in [5.74, 6) is 0.721. The van der Waals surface area contributed by atoms with E-state index in [0.29, 0.717) is 18.3 Å². The van der Waals surface area contributed by atoms with Crippen molar-refractivity contribution in [3.05, 3.63) is 65.5 Å². The molecule has 140 valence electrons. The number of rotatable bonds is 8. The summed E-state index contributed by atoms with van der Waals surface area (Å²) in [7, 11) is 1.93. The highest BCUT2D eigenvalue weighted by Gasteiger charge is 2.13. The second-order valence-electron chi connectivity index (χ2n) is 6.17. The molecule has 5 nitrogen and oxygen atoms in total. The lowest BCUT2D eigenvalue weighted by Crippen LogP contribution is -2.29. The average molecular weight is 382 g/mol. The van der Waals surface area contributed by atoms with E-state index in [2.05, 4.69) is 22.4 Å². The van der Waals surface area contributed by atoms with Gasteiger partial charge in [0.05, 0.1) is 18.8 Å². The number of para-hydroxylation sites is 1.